The van der Waals surface area contributed by atoms with Gasteiger partial charge in [0.05, 0.1) is 15.6 Å². The second kappa shape index (κ2) is 11.6. The summed E-state index contributed by atoms with van der Waals surface area (Å²) >= 11 is 3.00. The zero-order chi connectivity index (χ0) is 26.6. The Kier molecular flexibility index (Phi) is 8.04. The van der Waals surface area contributed by atoms with Gasteiger partial charge < -0.3 is 14.4 Å². The number of rotatable bonds is 7. The maximum atomic E-state index is 13.1. The molecule has 1 fully saturated rings. The van der Waals surface area contributed by atoms with E-state index in [4.69, 9.17) is 9.47 Å². The lowest BCUT2D eigenvalue weighted by molar-refractivity contribution is -0.136. The minimum Gasteiger partial charge on any atom is -0.493 e. The average molecular weight is 640 g/mol. The Morgan fingerprint density at radius 3 is 2.55 bits per heavy atom. The lowest BCUT2D eigenvalue weighted by Crippen LogP contribution is -2.44. The van der Waals surface area contributed by atoms with Crippen LogP contribution in [-0.2, 0) is 29.2 Å². The number of imide groups is 1. The summed E-state index contributed by atoms with van der Waals surface area (Å²) in [5, 5.41) is -0.448. The lowest BCUT2D eigenvalue weighted by atomic mass is 10.00. The number of halogens is 1. The van der Waals surface area contributed by atoms with E-state index in [0.29, 0.717) is 36.8 Å². The van der Waals surface area contributed by atoms with Crippen LogP contribution in [0.3, 0.4) is 0 Å². The summed E-state index contributed by atoms with van der Waals surface area (Å²) in [4.78, 5) is 41.7. The zero-order valence-corrected chi connectivity index (χ0v) is 23.7. The molecule has 2 aliphatic rings. The first-order chi connectivity index (χ1) is 18.4. The molecule has 0 aromatic heterocycles. The molecule has 0 spiro atoms. The molecule has 3 amide bonds. The van der Waals surface area contributed by atoms with E-state index in [1.165, 1.54) is 5.56 Å². The second-order valence-corrected chi connectivity index (χ2v) is 11.1. The van der Waals surface area contributed by atoms with Crippen molar-refractivity contribution in [3.8, 4) is 11.5 Å². The highest BCUT2D eigenvalue weighted by molar-refractivity contribution is 14.1. The van der Waals surface area contributed by atoms with Gasteiger partial charge in [0.15, 0.2) is 11.5 Å². The van der Waals surface area contributed by atoms with Crippen LogP contribution in [-0.4, -0.2) is 47.1 Å². The van der Waals surface area contributed by atoms with Crippen LogP contribution in [0.2, 0.25) is 0 Å². The van der Waals surface area contributed by atoms with E-state index >= 15 is 0 Å². The molecule has 3 aromatic rings. The number of carbonyl (C=O) groups excluding carboxylic acids is 3. The average Bonchev–Trinajstić information content (AvgIpc) is 3.19. The maximum Gasteiger partial charge on any atom is 0.294 e. The number of methoxy groups -OCH3 is 1. The summed E-state index contributed by atoms with van der Waals surface area (Å²) in [5.41, 5.74) is 4.06. The standard InChI is InChI=1S/C29H25IN2O5S/c1-36-24-14-20(13-23(30)27(24)37-18-19-7-3-2-4-8-19)15-25-28(34)32(29(35)38-25)17-26(33)31-12-11-21-9-5-6-10-22(21)16-31/h2-10,13-15H,11-12,16-18H2,1H3/b25-15+. The van der Waals surface area contributed by atoms with Crippen LogP contribution in [0.4, 0.5) is 4.79 Å². The van der Waals surface area contributed by atoms with Crippen molar-refractivity contribution >= 4 is 57.5 Å². The molecule has 0 aliphatic carbocycles. The fraction of sp³-hybridized carbons (Fsp3) is 0.207. The highest BCUT2D eigenvalue weighted by atomic mass is 127. The predicted molar refractivity (Wildman–Crippen MR) is 155 cm³/mol. The molecule has 5 rings (SSSR count). The van der Waals surface area contributed by atoms with Crippen molar-refractivity contribution in [2.45, 2.75) is 19.6 Å². The Balaban J connectivity index is 1.28. The molecule has 0 radical (unpaired) electrons. The van der Waals surface area contributed by atoms with Crippen LogP contribution in [0.15, 0.2) is 71.6 Å². The van der Waals surface area contributed by atoms with Gasteiger partial charge in [-0.25, -0.2) is 0 Å². The fourth-order valence-corrected chi connectivity index (χ4v) is 6.04. The van der Waals surface area contributed by atoms with Crippen molar-refractivity contribution in [2.75, 3.05) is 20.2 Å². The van der Waals surface area contributed by atoms with Crippen molar-refractivity contribution in [3.05, 3.63) is 97.5 Å². The van der Waals surface area contributed by atoms with Crippen LogP contribution in [0.25, 0.3) is 6.08 Å². The fourth-order valence-electron chi connectivity index (χ4n) is 4.42. The van der Waals surface area contributed by atoms with E-state index in [1.54, 1.807) is 24.2 Å². The van der Waals surface area contributed by atoms with Crippen LogP contribution < -0.4 is 9.47 Å². The van der Waals surface area contributed by atoms with Gasteiger partial charge in [-0.15, -0.1) is 0 Å². The summed E-state index contributed by atoms with van der Waals surface area (Å²) in [6, 6.07) is 21.5. The predicted octanol–water partition coefficient (Wildman–Crippen LogP) is 5.50. The van der Waals surface area contributed by atoms with Crippen molar-refractivity contribution in [2.24, 2.45) is 0 Å². The Bertz CT molecular complexity index is 1430. The molecule has 0 bridgehead atoms. The summed E-state index contributed by atoms with van der Waals surface area (Å²) in [5.74, 6) is 0.429. The first-order valence-electron chi connectivity index (χ1n) is 12.1. The summed E-state index contributed by atoms with van der Waals surface area (Å²) < 4.78 is 12.4. The Morgan fingerprint density at radius 2 is 1.79 bits per heavy atom. The Hall–Kier alpha value is -3.31. The molecule has 7 nitrogen and oxygen atoms in total. The Morgan fingerprint density at radius 1 is 1.05 bits per heavy atom. The maximum absolute atomic E-state index is 13.1. The van der Waals surface area contributed by atoms with Gasteiger partial charge in [-0.2, -0.15) is 0 Å². The lowest BCUT2D eigenvalue weighted by Gasteiger charge is -2.29. The smallest absolute Gasteiger partial charge is 0.294 e. The number of benzene rings is 3. The summed E-state index contributed by atoms with van der Waals surface area (Å²) in [7, 11) is 1.56. The van der Waals surface area contributed by atoms with E-state index in [0.717, 1.165) is 37.8 Å². The molecule has 0 atom stereocenters. The highest BCUT2D eigenvalue weighted by Gasteiger charge is 2.37. The molecule has 38 heavy (non-hydrogen) atoms. The van der Waals surface area contributed by atoms with Crippen LogP contribution in [0, 0.1) is 3.57 Å². The van der Waals surface area contributed by atoms with Gasteiger partial charge in [0.1, 0.15) is 13.2 Å². The van der Waals surface area contributed by atoms with Gasteiger partial charge in [0, 0.05) is 13.1 Å². The van der Waals surface area contributed by atoms with Crippen molar-refractivity contribution in [1.82, 2.24) is 9.80 Å². The van der Waals surface area contributed by atoms with E-state index in [-0.39, 0.29) is 17.4 Å². The molecular weight excluding hydrogens is 615 g/mol. The van der Waals surface area contributed by atoms with Gasteiger partial charge in [0.25, 0.3) is 11.1 Å². The normalized spacial score (nSPS) is 16.1. The topological polar surface area (TPSA) is 76.2 Å². The largest absolute Gasteiger partial charge is 0.493 e. The van der Waals surface area contributed by atoms with E-state index in [1.807, 2.05) is 54.6 Å². The minimum absolute atomic E-state index is 0.237. The molecule has 3 aromatic carbocycles. The molecule has 0 N–H and O–H groups in total. The number of hydrogen-bond acceptors (Lipinski definition) is 6. The van der Waals surface area contributed by atoms with Crippen LogP contribution in [0.1, 0.15) is 22.3 Å². The number of nitrogens with zero attached hydrogens (tertiary/aromatic N) is 2. The number of fused-ring (bicyclic) bond motifs is 1. The molecular formula is C29H25IN2O5S. The van der Waals surface area contributed by atoms with Crippen LogP contribution in [0.5, 0.6) is 11.5 Å². The van der Waals surface area contributed by atoms with Crippen molar-refractivity contribution in [1.29, 1.82) is 0 Å². The molecule has 1 saturated heterocycles. The first kappa shape index (κ1) is 26.3. The minimum atomic E-state index is -0.468. The molecule has 0 unspecified atom stereocenters. The van der Waals surface area contributed by atoms with Crippen molar-refractivity contribution in [3.63, 3.8) is 0 Å². The number of amides is 3. The first-order valence-corrected chi connectivity index (χ1v) is 14.0. The highest BCUT2D eigenvalue weighted by Crippen LogP contribution is 2.37. The zero-order valence-electron chi connectivity index (χ0n) is 20.7. The summed E-state index contributed by atoms with van der Waals surface area (Å²) in [6.45, 7) is 1.18. The van der Waals surface area contributed by atoms with Gasteiger partial charge in [-0.1, -0.05) is 54.6 Å². The SMILES string of the molecule is COc1cc(/C=C2/SC(=O)N(CC(=O)N3CCc4ccccc4C3)C2=O)cc(I)c1OCc1ccccc1. The Labute approximate surface area is 238 Å². The summed E-state index contributed by atoms with van der Waals surface area (Å²) in [6.07, 6.45) is 2.41. The number of thioether (sulfide) groups is 1. The number of carbonyl (C=O) groups is 3. The molecule has 2 aliphatic heterocycles. The third-order valence-electron chi connectivity index (χ3n) is 6.43. The monoisotopic (exact) mass is 640 g/mol. The third kappa shape index (κ3) is 5.73. The van der Waals surface area contributed by atoms with E-state index in [2.05, 4.69) is 28.7 Å². The van der Waals surface area contributed by atoms with Gasteiger partial charge >= 0.3 is 0 Å². The van der Waals surface area contributed by atoms with Gasteiger partial charge in [-0.05, 0) is 81.2 Å². The molecule has 194 valence electrons. The molecule has 2 heterocycles. The molecule has 0 saturated carbocycles. The van der Waals surface area contributed by atoms with E-state index in [9.17, 15) is 14.4 Å². The second-order valence-electron chi connectivity index (χ2n) is 8.91. The van der Waals surface area contributed by atoms with Gasteiger partial charge in [0.2, 0.25) is 5.91 Å². The van der Waals surface area contributed by atoms with Crippen molar-refractivity contribution < 1.29 is 23.9 Å². The quantitative estimate of drug-likeness (QED) is 0.251. The molecule has 9 heteroatoms. The van der Waals surface area contributed by atoms with Gasteiger partial charge in [-0.3, -0.25) is 19.3 Å². The van der Waals surface area contributed by atoms with Crippen LogP contribution >= 0.6 is 34.4 Å². The number of hydrogen-bond donors (Lipinski definition) is 0. The van der Waals surface area contributed by atoms with E-state index < -0.39 is 11.1 Å². The number of ether oxygens (including phenoxy) is 2. The third-order valence-corrected chi connectivity index (χ3v) is 8.13.